The number of rotatable bonds is 5. The molecule has 20 heavy (non-hydrogen) atoms. The van der Waals surface area contributed by atoms with Gasteiger partial charge < -0.3 is 0 Å². The van der Waals surface area contributed by atoms with E-state index in [2.05, 4.69) is 15.5 Å². The molecule has 4 nitrogen and oxygen atoms in total. The predicted octanol–water partition coefficient (Wildman–Crippen LogP) is 2.71. The molecule has 1 amide bonds. The number of carbonyl (C=O) groups excluding carboxylic acids is 1. The molecule has 0 unspecified atom stereocenters. The Kier molecular flexibility index (Phi) is 5.32. The maximum atomic E-state index is 11.9. The third kappa shape index (κ3) is 4.51. The van der Waals surface area contributed by atoms with Crippen molar-refractivity contribution in [2.75, 3.05) is 0 Å². The fraction of sp³-hybridized carbons (Fsp3) is 0.133. The SMILES string of the molecule is C[C@@H](Sc1ccccc1)C(=O)N/N=C\c1ccncc1. The highest BCUT2D eigenvalue weighted by atomic mass is 32.2. The van der Waals surface area contributed by atoms with Crippen molar-refractivity contribution in [1.82, 2.24) is 10.4 Å². The van der Waals surface area contributed by atoms with Gasteiger partial charge in [-0.3, -0.25) is 9.78 Å². The fourth-order valence-electron chi connectivity index (χ4n) is 1.47. The number of nitrogens with one attached hydrogen (secondary N) is 1. The first-order valence-electron chi connectivity index (χ1n) is 6.20. The highest BCUT2D eigenvalue weighted by Gasteiger charge is 2.13. The largest absolute Gasteiger partial charge is 0.272 e. The van der Waals surface area contributed by atoms with Gasteiger partial charge in [-0.15, -0.1) is 11.8 Å². The van der Waals surface area contributed by atoms with Gasteiger partial charge in [0.1, 0.15) is 0 Å². The molecule has 102 valence electrons. The Bertz CT molecular complexity index is 572. The van der Waals surface area contributed by atoms with Crippen molar-refractivity contribution in [3.8, 4) is 0 Å². The molecule has 0 aliphatic carbocycles. The molecular weight excluding hydrogens is 270 g/mol. The number of hydrogen-bond acceptors (Lipinski definition) is 4. The van der Waals surface area contributed by atoms with Crippen molar-refractivity contribution in [2.45, 2.75) is 17.1 Å². The Hall–Kier alpha value is -2.14. The van der Waals surface area contributed by atoms with E-state index in [0.717, 1.165) is 10.5 Å². The number of hydrogen-bond donors (Lipinski definition) is 1. The number of hydrazone groups is 1. The zero-order chi connectivity index (χ0) is 14.2. The number of nitrogens with zero attached hydrogens (tertiary/aromatic N) is 2. The maximum Gasteiger partial charge on any atom is 0.253 e. The van der Waals surface area contributed by atoms with Gasteiger partial charge in [-0.05, 0) is 36.8 Å². The normalized spacial score (nSPS) is 12.2. The summed E-state index contributed by atoms with van der Waals surface area (Å²) in [5, 5.41) is 3.74. The Labute approximate surface area is 122 Å². The summed E-state index contributed by atoms with van der Waals surface area (Å²) in [5.74, 6) is -0.121. The van der Waals surface area contributed by atoms with E-state index in [9.17, 15) is 4.79 Å². The summed E-state index contributed by atoms with van der Waals surface area (Å²) in [7, 11) is 0. The van der Waals surface area contributed by atoms with Crippen LogP contribution in [0.5, 0.6) is 0 Å². The molecule has 0 fully saturated rings. The Balaban J connectivity index is 1.84. The van der Waals surface area contributed by atoms with E-state index in [0.29, 0.717) is 0 Å². The molecule has 1 aromatic heterocycles. The van der Waals surface area contributed by atoms with Crippen molar-refractivity contribution >= 4 is 23.9 Å². The van der Waals surface area contributed by atoms with E-state index in [-0.39, 0.29) is 11.2 Å². The number of aromatic nitrogens is 1. The van der Waals surface area contributed by atoms with Crippen molar-refractivity contribution in [2.24, 2.45) is 5.10 Å². The van der Waals surface area contributed by atoms with Crippen LogP contribution in [0.1, 0.15) is 12.5 Å². The lowest BCUT2D eigenvalue weighted by Gasteiger charge is -2.08. The molecule has 2 rings (SSSR count). The minimum Gasteiger partial charge on any atom is -0.272 e. The van der Waals surface area contributed by atoms with E-state index in [1.165, 1.54) is 11.8 Å². The third-order valence-electron chi connectivity index (χ3n) is 2.52. The van der Waals surface area contributed by atoms with Crippen LogP contribution in [0.4, 0.5) is 0 Å². The summed E-state index contributed by atoms with van der Waals surface area (Å²) < 4.78 is 0. The molecule has 0 bridgehead atoms. The van der Waals surface area contributed by atoms with E-state index in [1.54, 1.807) is 18.6 Å². The number of amides is 1. The van der Waals surface area contributed by atoms with Crippen LogP contribution in [0.25, 0.3) is 0 Å². The van der Waals surface area contributed by atoms with Gasteiger partial charge in [-0.25, -0.2) is 5.43 Å². The van der Waals surface area contributed by atoms with Gasteiger partial charge in [0.2, 0.25) is 0 Å². The van der Waals surface area contributed by atoms with Crippen LogP contribution in [0.3, 0.4) is 0 Å². The van der Waals surface area contributed by atoms with E-state index < -0.39 is 0 Å². The summed E-state index contributed by atoms with van der Waals surface area (Å²) in [6, 6.07) is 13.5. The summed E-state index contributed by atoms with van der Waals surface area (Å²) in [6.45, 7) is 1.86. The zero-order valence-corrected chi connectivity index (χ0v) is 11.9. The van der Waals surface area contributed by atoms with E-state index >= 15 is 0 Å². The van der Waals surface area contributed by atoms with Gasteiger partial charge in [0.25, 0.3) is 5.91 Å². The lowest BCUT2D eigenvalue weighted by Crippen LogP contribution is -2.26. The monoisotopic (exact) mass is 285 g/mol. The second-order valence-electron chi connectivity index (χ2n) is 4.09. The van der Waals surface area contributed by atoms with Crippen LogP contribution < -0.4 is 5.43 Å². The van der Waals surface area contributed by atoms with Crippen LogP contribution >= 0.6 is 11.8 Å². The summed E-state index contributed by atoms with van der Waals surface area (Å²) in [4.78, 5) is 16.9. The van der Waals surface area contributed by atoms with Crippen LogP contribution in [0.2, 0.25) is 0 Å². The van der Waals surface area contributed by atoms with Crippen molar-refractivity contribution < 1.29 is 4.79 Å². The highest BCUT2D eigenvalue weighted by molar-refractivity contribution is 8.00. The van der Waals surface area contributed by atoms with Crippen molar-refractivity contribution in [3.63, 3.8) is 0 Å². The quantitative estimate of drug-likeness (QED) is 0.522. The van der Waals surface area contributed by atoms with Crippen LogP contribution in [0.15, 0.2) is 64.9 Å². The van der Waals surface area contributed by atoms with Crippen LogP contribution in [-0.2, 0) is 4.79 Å². The number of pyridine rings is 1. The molecule has 0 spiro atoms. The van der Waals surface area contributed by atoms with E-state index in [4.69, 9.17) is 0 Å². The molecule has 1 aromatic carbocycles. The van der Waals surface area contributed by atoms with Gasteiger partial charge in [0.05, 0.1) is 11.5 Å². The molecular formula is C15H15N3OS. The summed E-state index contributed by atoms with van der Waals surface area (Å²) >= 11 is 1.50. The number of thioether (sulfide) groups is 1. The Morgan fingerprint density at radius 3 is 2.65 bits per heavy atom. The molecule has 0 aliphatic heterocycles. The first-order chi connectivity index (χ1) is 9.75. The molecule has 5 heteroatoms. The molecule has 2 aromatic rings. The average molecular weight is 285 g/mol. The van der Waals surface area contributed by atoms with Gasteiger partial charge in [-0.1, -0.05) is 18.2 Å². The molecule has 1 heterocycles. The topological polar surface area (TPSA) is 54.4 Å². The van der Waals surface area contributed by atoms with Crippen molar-refractivity contribution in [1.29, 1.82) is 0 Å². The molecule has 0 aliphatic rings. The lowest BCUT2D eigenvalue weighted by atomic mass is 10.3. The second kappa shape index (κ2) is 7.45. The molecule has 1 N–H and O–H groups in total. The fourth-order valence-corrected chi connectivity index (χ4v) is 2.35. The molecule has 0 saturated heterocycles. The van der Waals surface area contributed by atoms with Gasteiger partial charge in [0.15, 0.2) is 0 Å². The number of benzene rings is 1. The molecule has 1 atom stereocenters. The Morgan fingerprint density at radius 1 is 1.25 bits per heavy atom. The highest BCUT2D eigenvalue weighted by Crippen LogP contribution is 2.22. The van der Waals surface area contributed by atoms with Gasteiger partial charge in [-0.2, -0.15) is 5.10 Å². The zero-order valence-electron chi connectivity index (χ0n) is 11.1. The van der Waals surface area contributed by atoms with Crippen LogP contribution in [0, 0.1) is 0 Å². The van der Waals surface area contributed by atoms with Crippen molar-refractivity contribution in [3.05, 3.63) is 60.4 Å². The van der Waals surface area contributed by atoms with Gasteiger partial charge in [0, 0.05) is 17.3 Å². The standard InChI is InChI=1S/C15H15N3OS/c1-12(20-14-5-3-2-4-6-14)15(19)18-17-11-13-7-9-16-10-8-13/h2-12H,1H3,(H,18,19)/b17-11-/t12-/m1/s1. The first-order valence-corrected chi connectivity index (χ1v) is 7.08. The molecule has 0 radical (unpaired) electrons. The maximum absolute atomic E-state index is 11.9. The van der Waals surface area contributed by atoms with Gasteiger partial charge >= 0.3 is 0 Å². The number of carbonyl (C=O) groups is 1. The Morgan fingerprint density at radius 2 is 1.95 bits per heavy atom. The predicted molar refractivity (Wildman–Crippen MR) is 81.7 cm³/mol. The van der Waals surface area contributed by atoms with Crippen LogP contribution in [-0.4, -0.2) is 22.4 Å². The average Bonchev–Trinajstić information content (AvgIpc) is 2.49. The summed E-state index contributed by atoms with van der Waals surface area (Å²) in [6.07, 6.45) is 4.95. The first kappa shape index (κ1) is 14.3. The minimum absolute atomic E-state index is 0.121. The lowest BCUT2D eigenvalue weighted by molar-refractivity contribution is -0.120. The summed E-state index contributed by atoms with van der Waals surface area (Å²) in [5.41, 5.74) is 3.43. The molecule has 0 saturated carbocycles. The smallest absolute Gasteiger partial charge is 0.253 e. The van der Waals surface area contributed by atoms with E-state index in [1.807, 2.05) is 49.4 Å². The second-order valence-corrected chi connectivity index (χ2v) is 5.50. The minimum atomic E-state index is -0.202. The third-order valence-corrected chi connectivity index (χ3v) is 3.63.